The third-order valence-electron chi connectivity index (χ3n) is 4.78. The predicted octanol–water partition coefficient (Wildman–Crippen LogP) is 1.95. The summed E-state index contributed by atoms with van der Waals surface area (Å²) in [6.07, 6.45) is 3.60. The van der Waals surface area contributed by atoms with Gasteiger partial charge in [0.25, 0.3) is 0 Å². The third kappa shape index (κ3) is 2.60. The standard InChI is InChI=1S/C16H23FN2O/c1-16(11-18,8-12-4-2-3-5-15(12)17)19-9-13-6-7-14(10-19)20-13/h2-5,13-14H,6-11,18H2,1H3. The zero-order valence-electron chi connectivity index (χ0n) is 12.0. The van der Waals surface area contributed by atoms with Gasteiger partial charge in [0.2, 0.25) is 0 Å². The van der Waals surface area contributed by atoms with Crippen LogP contribution >= 0.6 is 0 Å². The van der Waals surface area contributed by atoms with Gasteiger partial charge >= 0.3 is 0 Å². The summed E-state index contributed by atoms with van der Waals surface area (Å²) in [5, 5.41) is 0. The van der Waals surface area contributed by atoms with Crippen LogP contribution in [-0.2, 0) is 11.2 Å². The predicted molar refractivity (Wildman–Crippen MR) is 77.0 cm³/mol. The van der Waals surface area contributed by atoms with Crippen LogP contribution in [0.3, 0.4) is 0 Å². The average Bonchev–Trinajstić information content (AvgIpc) is 2.79. The Morgan fingerprint density at radius 2 is 1.95 bits per heavy atom. The largest absolute Gasteiger partial charge is 0.372 e. The first kappa shape index (κ1) is 14.0. The number of fused-ring (bicyclic) bond motifs is 2. The quantitative estimate of drug-likeness (QED) is 0.915. The van der Waals surface area contributed by atoms with Gasteiger partial charge in [0, 0.05) is 25.2 Å². The van der Waals surface area contributed by atoms with Crippen LogP contribution in [0.4, 0.5) is 4.39 Å². The number of halogens is 1. The van der Waals surface area contributed by atoms with E-state index >= 15 is 0 Å². The first-order valence-electron chi connectivity index (χ1n) is 7.45. The molecule has 0 amide bonds. The highest BCUT2D eigenvalue weighted by molar-refractivity contribution is 5.20. The van der Waals surface area contributed by atoms with Crippen molar-refractivity contribution in [1.82, 2.24) is 4.90 Å². The molecule has 3 unspecified atom stereocenters. The van der Waals surface area contributed by atoms with Crippen LogP contribution in [0, 0.1) is 5.82 Å². The molecular formula is C16H23FN2O. The summed E-state index contributed by atoms with van der Waals surface area (Å²) in [4.78, 5) is 2.41. The summed E-state index contributed by atoms with van der Waals surface area (Å²) in [5.41, 5.74) is 6.59. The van der Waals surface area contributed by atoms with Crippen LogP contribution in [0.5, 0.6) is 0 Å². The number of hydrogen-bond acceptors (Lipinski definition) is 3. The topological polar surface area (TPSA) is 38.5 Å². The molecule has 0 spiro atoms. The SMILES string of the molecule is CC(CN)(Cc1ccccc1F)N1CC2CCC(C1)O2. The summed E-state index contributed by atoms with van der Waals surface area (Å²) < 4.78 is 19.8. The van der Waals surface area contributed by atoms with Crippen LogP contribution in [-0.4, -0.2) is 42.3 Å². The molecule has 2 N–H and O–H groups in total. The second-order valence-corrected chi connectivity index (χ2v) is 6.33. The first-order chi connectivity index (χ1) is 9.60. The van der Waals surface area contributed by atoms with Crippen molar-refractivity contribution < 1.29 is 9.13 Å². The van der Waals surface area contributed by atoms with Gasteiger partial charge in [-0.15, -0.1) is 0 Å². The summed E-state index contributed by atoms with van der Waals surface area (Å²) in [6, 6.07) is 7.00. The monoisotopic (exact) mass is 278 g/mol. The van der Waals surface area contributed by atoms with Gasteiger partial charge in [-0.2, -0.15) is 0 Å². The highest BCUT2D eigenvalue weighted by Gasteiger charge is 2.41. The van der Waals surface area contributed by atoms with Gasteiger partial charge < -0.3 is 10.5 Å². The lowest BCUT2D eigenvalue weighted by Gasteiger charge is -2.45. The minimum atomic E-state index is -0.202. The van der Waals surface area contributed by atoms with E-state index in [-0.39, 0.29) is 11.4 Å². The lowest BCUT2D eigenvalue weighted by Crippen LogP contribution is -2.59. The van der Waals surface area contributed by atoms with Crippen LogP contribution < -0.4 is 5.73 Å². The number of nitrogens with two attached hydrogens (primary N) is 1. The normalized spacial score (nSPS) is 29.4. The van der Waals surface area contributed by atoms with E-state index < -0.39 is 0 Å². The van der Waals surface area contributed by atoms with E-state index in [1.54, 1.807) is 6.07 Å². The molecule has 4 heteroatoms. The number of morpholine rings is 1. The smallest absolute Gasteiger partial charge is 0.126 e. The lowest BCUT2D eigenvalue weighted by molar-refractivity contribution is -0.0727. The molecule has 2 aliphatic heterocycles. The van der Waals surface area contributed by atoms with Gasteiger partial charge in [0.15, 0.2) is 0 Å². The summed E-state index contributed by atoms with van der Waals surface area (Å²) in [5.74, 6) is -0.136. The molecule has 0 saturated carbocycles. The lowest BCUT2D eigenvalue weighted by atomic mass is 9.89. The van der Waals surface area contributed by atoms with Crippen molar-refractivity contribution in [3.05, 3.63) is 35.6 Å². The highest BCUT2D eigenvalue weighted by Crippen LogP contribution is 2.32. The molecule has 2 bridgehead atoms. The maximum atomic E-state index is 13.9. The molecule has 1 aromatic carbocycles. The first-order valence-corrected chi connectivity index (χ1v) is 7.45. The van der Waals surface area contributed by atoms with Crippen molar-refractivity contribution in [1.29, 1.82) is 0 Å². The average molecular weight is 278 g/mol. The Balaban J connectivity index is 1.78. The molecule has 20 heavy (non-hydrogen) atoms. The van der Waals surface area contributed by atoms with Crippen molar-refractivity contribution >= 4 is 0 Å². The van der Waals surface area contributed by atoms with Crippen LogP contribution in [0.25, 0.3) is 0 Å². The fraction of sp³-hybridized carbons (Fsp3) is 0.625. The Morgan fingerprint density at radius 1 is 1.30 bits per heavy atom. The van der Waals surface area contributed by atoms with E-state index in [9.17, 15) is 4.39 Å². The Labute approximate surface area is 119 Å². The minimum Gasteiger partial charge on any atom is -0.372 e. The molecule has 2 fully saturated rings. The molecule has 110 valence electrons. The second-order valence-electron chi connectivity index (χ2n) is 6.33. The van der Waals surface area contributed by atoms with E-state index in [1.165, 1.54) is 6.07 Å². The van der Waals surface area contributed by atoms with Gasteiger partial charge in [-0.05, 0) is 37.8 Å². The number of nitrogens with zero attached hydrogens (tertiary/aromatic N) is 1. The summed E-state index contributed by atoms with van der Waals surface area (Å²) >= 11 is 0. The van der Waals surface area contributed by atoms with Crippen molar-refractivity contribution in [3.63, 3.8) is 0 Å². The molecule has 1 aromatic rings. The number of rotatable bonds is 4. The molecule has 3 rings (SSSR count). The third-order valence-corrected chi connectivity index (χ3v) is 4.78. The molecular weight excluding hydrogens is 255 g/mol. The zero-order chi connectivity index (χ0) is 14.2. The van der Waals surface area contributed by atoms with Gasteiger partial charge in [-0.3, -0.25) is 4.90 Å². The van der Waals surface area contributed by atoms with Crippen molar-refractivity contribution in [2.24, 2.45) is 5.73 Å². The maximum Gasteiger partial charge on any atom is 0.126 e. The van der Waals surface area contributed by atoms with E-state index in [0.717, 1.165) is 31.5 Å². The molecule has 0 aromatic heterocycles. The van der Waals surface area contributed by atoms with Crippen molar-refractivity contribution in [2.45, 2.75) is 43.9 Å². The summed E-state index contributed by atoms with van der Waals surface area (Å²) in [6.45, 7) is 4.50. The number of benzene rings is 1. The van der Waals surface area contributed by atoms with Crippen LogP contribution in [0.1, 0.15) is 25.3 Å². The number of likely N-dealkylation sites (tertiary alicyclic amines) is 1. The Hall–Kier alpha value is -0.970. The molecule has 0 aliphatic carbocycles. The van der Waals surface area contributed by atoms with Crippen LogP contribution in [0.15, 0.2) is 24.3 Å². The molecule has 0 radical (unpaired) electrons. The molecule has 2 heterocycles. The zero-order valence-corrected chi connectivity index (χ0v) is 12.0. The number of hydrogen-bond donors (Lipinski definition) is 1. The number of ether oxygens (including phenoxy) is 1. The second kappa shape index (κ2) is 5.43. The molecule has 2 aliphatic rings. The Kier molecular flexibility index (Phi) is 3.80. The molecule has 3 nitrogen and oxygen atoms in total. The fourth-order valence-corrected chi connectivity index (χ4v) is 3.42. The fourth-order valence-electron chi connectivity index (χ4n) is 3.42. The maximum absolute atomic E-state index is 13.9. The van der Waals surface area contributed by atoms with E-state index in [2.05, 4.69) is 11.8 Å². The van der Waals surface area contributed by atoms with Gasteiger partial charge in [-0.1, -0.05) is 18.2 Å². The highest BCUT2D eigenvalue weighted by atomic mass is 19.1. The molecule has 3 atom stereocenters. The summed E-state index contributed by atoms with van der Waals surface area (Å²) in [7, 11) is 0. The van der Waals surface area contributed by atoms with Gasteiger partial charge in [-0.25, -0.2) is 4.39 Å². The Morgan fingerprint density at radius 3 is 2.55 bits per heavy atom. The van der Waals surface area contributed by atoms with Gasteiger partial charge in [0.1, 0.15) is 5.82 Å². The van der Waals surface area contributed by atoms with Gasteiger partial charge in [0.05, 0.1) is 12.2 Å². The van der Waals surface area contributed by atoms with E-state index in [0.29, 0.717) is 25.2 Å². The van der Waals surface area contributed by atoms with E-state index in [1.807, 2.05) is 12.1 Å². The minimum absolute atomic E-state index is 0.136. The molecule has 2 saturated heterocycles. The van der Waals surface area contributed by atoms with Crippen molar-refractivity contribution in [3.8, 4) is 0 Å². The van der Waals surface area contributed by atoms with Crippen molar-refractivity contribution in [2.75, 3.05) is 19.6 Å². The van der Waals surface area contributed by atoms with Crippen LogP contribution in [0.2, 0.25) is 0 Å². The Bertz CT molecular complexity index is 469. The van der Waals surface area contributed by atoms with E-state index in [4.69, 9.17) is 10.5 Å².